The van der Waals surface area contributed by atoms with Crippen LogP contribution in [0.15, 0.2) is 46.9 Å². The van der Waals surface area contributed by atoms with Crippen LogP contribution in [-0.2, 0) is 6.42 Å². The van der Waals surface area contributed by atoms with Gasteiger partial charge in [-0.15, -0.1) is 11.6 Å². The highest BCUT2D eigenvalue weighted by atomic mass is 79.9. The number of rotatable bonds is 3. The van der Waals surface area contributed by atoms with Gasteiger partial charge in [-0.2, -0.15) is 0 Å². The van der Waals surface area contributed by atoms with Crippen molar-refractivity contribution in [1.82, 2.24) is 0 Å². The summed E-state index contributed by atoms with van der Waals surface area (Å²) in [4.78, 5) is 0. The monoisotopic (exact) mass is 322 g/mol. The molecule has 0 bridgehead atoms. The largest absolute Gasteiger partial charge is 0.117 e. The number of aryl methyl sites for hydroxylation is 1. The first kappa shape index (κ1) is 13.6. The van der Waals surface area contributed by atoms with Gasteiger partial charge in [-0.1, -0.05) is 57.9 Å². The Morgan fingerprint density at radius 1 is 1.11 bits per heavy atom. The summed E-state index contributed by atoms with van der Waals surface area (Å²) >= 11 is 10.1. The minimum atomic E-state index is 0.0179. The number of hydrogen-bond donors (Lipinski definition) is 0. The van der Waals surface area contributed by atoms with Gasteiger partial charge in [0.15, 0.2) is 0 Å². The van der Waals surface area contributed by atoms with Gasteiger partial charge in [0, 0.05) is 4.47 Å². The molecule has 18 heavy (non-hydrogen) atoms. The number of alkyl halides is 1. The highest BCUT2D eigenvalue weighted by Gasteiger charge is 2.12. The summed E-state index contributed by atoms with van der Waals surface area (Å²) < 4.78 is 1.12. The Kier molecular flexibility index (Phi) is 4.47. The molecule has 0 heterocycles. The van der Waals surface area contributed by atoms with Crippen molar-refractivity contribution in [2.75, 3.05) is 0 Å². The van der Waals surface area contributed by atoms with Crippen LogP contribution in [0.2, 0.25) is 0 Å². The molecule has 0 aliphatic carbocycles. The van der Waals surface area contributed by atoms with E-state index >= 15 is 0 Å². The lowest BCUT2D eigenvalue weighted by Gasteiger charge is -2.14. The Hall–Kier alpha value is -0.790. The Morgan fingerprint density at radius 2 is 1.83 bits per heavy atom. The molecule has 0 amide bonds. The second-order valence-corrected chi connectivity index (χ2v) is 6.00. The van der Waals surface area contributed by atoms with Gasteiger partial charge in [0.2, 0.25) is 0 Å². The first-order valence-corrected chi connectivity index (χ1v) is 7.25. The molecule has 0 radical (unpaired) electrons. The van der Waals surface area contributed by atoms with E-state index in [9.17, 15) is 0 Å². The second-order valence-electron chi connectivity index (χ2n) is 4.61. The van der Waals surface area contributed by atoms with Crippen LogP contribution >= 0.6 is 27.5 Å². The summed E-state index contributed by atoms with van der Waals surface area (Å²) in [6.07, 6.45) is 0.862. The van der Waals surface area contributed by atoms with Gasteiger partial charge < -0.3 is 0 Å². The summed E-state index contributed by atoms with van der Waals surface area (Å²) in [6.45, 7) is 4.21. The van der Waals surface area contributed by atoms with Crippen LogP contribution in [0, 0.1) is 13.8 Å². The highest BCUT2D eigenvalue weighted by Crippen LogP contribution is 2.31. The third kappa shape index (κ3) is 3.15. The molecular formula is C16H16BrCl. The quantitative estimate of drug-likeness (QED) is 0.646. The Labute approximate surface area is 122 Å². The number of hydrogen-bond acceptors (Lipinski definition) is 0. The van der Waals surface area contributed by atoms with E-state index in [1.54, 1.807) is 0 Å². The molecular weight excluding hydrogens is 308 g/mol. The zero-order chi connectivity index (χ0) is 13.1. The molecule has 0 fully saturated rings. The van der Waals surface area contributed by atoms with Crippen molar-refractivity contribution >= 4 is 27.5 Å². The molecule has 2 heteroatoms. The molecule has 0 saturated heterocycles. The van der Waals surface area contributed by atoms with E-state index in [2.05, 4.69) is 66.2 Å². The van der Waals surface area contributed by atoms with Gasteiger partial charge in [-0.05, 0) is 43.0 Å². The molecule has 2 aromatic rings. The predicted octanol–water partition coefficient (Wildman–Crippen LogP) is 5.59. The van der Waals surface area contributed by atoms with E-state index in [1.807, 2.05) is 6.07 Å². The lowest BCUT2D eigenvalue weighted by Crippen LogP contribution is -1.99. The maximum Gasteiger partial charge on any atom is 0.0628 e. The highest BCUT2D eigenvalue weighted by molar-refractivity contribution is 9.10. The smallest absolute Gasteiger partial charge is 0.0628 e. The van der Waals surface area contributed by atoms with Crippen LogP contribution in [0.5, 0.6) is 0 Å². The molecule has 0 aromatic heterocycles. The summed E-state index contributed by atoms with van der Waals surface area (Å²) in [7, 11) is 0. The van der Waals surface area contributed by atoms with E-state index in [0.717, 1.165) is 10.9 Å². The molecule has 0 aliphatic heterocycles. The molecule has 1 unspecified atom stereocenters. The van der Waals surface area contributed by atoms with Crippen LogP contribution in [0.3, 0.4) is 0 Å². The van der Waals surface area contributed by atoms with E-state index < -0.39 is 0 Å². The fourth-order valence-electron chi connectivity index (χ4n) is 2.12. The van der Waals surface area contributed by atoms with Gasteiger partial charge in [0.1, 0.15) is 0 Å². The number of halogens is 2. The third-order valence-corrected chi connectivity index (χ3v) is 4.39. The van der Waals surface area contributed by atoms with E-state index in [0.29, 0.717) is 0 Å². The van der Waals surface area contributed by atoms with E-state index in [-0.39, 0.29) is 5.38 Å². The minimum Gasteiger partial charge on any atom is -0.117 e. The van der Waals surface area contributed by atoms with Gasteiger partial charge in [0.05, 0.1) is 5.38 Å². The van der Waals surface area contributed by atoms with Crippen LogP contribution in [0.25, 0.3) is 0 Å². The van der Waals surface area contributed by atoms with Gasteiger partial charge >= 0.3 is 0 Å². The fourth-order valence-corrected chi connectivity index (χ4v) is 2.92. The Morgan fingerprint density at radius 3 is 2.56 bits per heavy atom. The lowest BCUT2D eigenvalue weighted by molar-refractivity contribution is 0.907. The molecule has 94 valence electrons. The third-order valence-electron chi connectivity index (χ3n) is 3.14. The van der Waals surface area contributed by atoms with Crippen LogP contribution in [0.4, 0.5) is 0 Å². The topological polar surface area (TPSA) is 0 Å². The summed E-state index contributed by atoms with van der Waals surface area (Å²) in [5.41, 5.74) is 4.99. The maximum absolute atomic E-state index is 6.55. The first-order chi connectivity index (χ1) is 8.58. The van der Waals surface area contributed by atoms with E-state index in [4.69, 9.17) is 11.6 Å². The van der Waals surface area contributed by atoms with Crippen LogP contribution < -0.4 is 0 Å². The van der Waals surface area contributed by atoms with Crippen molar-refractivity contribution in [3.8, 4) is 0 Å². The summed E-state index contributed by atoms with van der Waals surface area (Å²) in [5, 5.41) is 0.0179. The average molecular weight is 324 g/mol. The average Bonchev–Trinajstić information content (AvgIpc) is 2.32. The Bertz CT molecular complexity index is 549. The summed E-state index contributed by atoms with van der Waals surface area (Å²) in [6, 6.07) is 14.7. The molecule has 2 aromatic carbocycles. The normalized spacial score (nSPS) is 12.4. The Balaban J connectivity index is 2.22. The second kappa shape index (κ2) is 5.90. The molecule has 0 saturated carbocycles. The SMILES string of the molecule is Cc1cccc(CC(Cl)c2cccc(Br)c2C)c1. The fraction of sp³-hybridized carbons (Fsp3) is 0.250. The molecule has 0 spiro atoms. The van der Waals surface area contributed by atoms with Gasteiger partial charge in [-0.3, -0.25) is 0 Å². The number of benzene rings is 2. The maximum atomic E-state index is 6.55. The lowest BCUT2D eigenvalue weighted by atomic mass is 9.99. The van der Waals surface area contributed by atoms with Crippen LogP contribution in [-0.4, -0.2) is 0 Å². The zero-order valence-corrected chi connectivity index (χ0v) is 12.9. The van der Waals surface area contributed by atoms with Crippen molar-refractivity contribution < 1.29 is 0 Å². The van der Waals surface area contributed by atoms with Crippen LogP contribution in [0.1, 0.15) is 27.6 Å². The molecule has 0 aliphatic rings. The molecule has 0 nitrogen and oxygen atoms in total. The standard InChI is InChI=1S/C16H16BrCl/c1-11-5-3-6-13(9-11)10-16(18)14-7-4-8-15(17)12(14)2/h3-9,16H,10H2,1-2H3. The van der Waals surface area contributed by atoms with Gasteiger partial charge in [-0.25, -0.2) is 0 Å². The van der Waals surface area contributed by atoms with Crippen molar-refractivity contribution in [2.24, 2.45) is 0 Å². The minimum absolute atomic E-state index is 0.0179. The van der Waals surface area contributed by atoms with Gasteiger partial charge in [0.25, 0.3) is 0 Å². The van der Waals surface area contributed by atoms with Crippen molar-refractivity contribution in [3.63, 3.8) is 0 Å². The first-order valence-electron chi connectivity index (χ1n) is 6.02. The predicted molar refractivity (Wildman–Crippen MR) is 82.4 cm³/mol. The molecule has 1 atom stereocenters. The molecule has 2 rings (SSSR count). The van der Waals surface area contributed by atoms with E-state index in [1.165, 1.54) is 22.3 Å². The van der Waals surface area contributed by atoms with Crippen molar-refractivity contribution in [2.45, 2.75) is 25.6 Å². The van der Waals surface area contributed by atoms with Crippen molar-refractivity contribution in [3.05, 3.63) is 69.2 Å². The van der Waals surface area contributed by atoms with Crippen molar-refractivity contribution in [1.29, 1.82) is 0 Å². The summed E-state index contributed by atoms with van der Waals surface area (Å²) in [5.74, 6) is 0. The molecule has 0 N–H and O–H groups in total. The zero-order valence-electron chi connectivity index (χ0n) is 10.6.